The van der Waals surface area contributed by atoms with Gasteiger partial charge in [0, 0.05) is 12.1 Å². The van der Waals surface area contributed by atoms with E-state index in [1.165, 1.54) is 0 Å². The number of rotatable bonds is 4. The third-order valence-electron chi connectivity index (χ3n) is 4.43. The van der Waals surface area contributed by atoms with Crippen LogP contribution in [0.4, 0.5) is 10.6 Å². The van der Waals surface area contributed by atoms with Gasteiger partial charge in [-0.1, -0.05) is 6.08 Å². The first-order chi connectivity index (χ1) is 11.8. The molecule has 0 spiro atoms. The molecule has 0 radical (unpaired) electrons. The molecule has 1 amide bonds. The van der Waals surface area contributed by atoms with Crippen LogP contribution in [0.25, 0.3) is 6.08 Å². The van der Waals surface area contributed by atoms with Crippen molar-refractivity contribution in [1.82, 2.24) is 15.5 Å². The highest BCUT2D eigenvalue weighted by Crippen LogP contribution is 2.38. The van der Waals surface area contributed by atoms with Crippen LogP contribution in [0.15, 0.2) is 11.7 Å². The molecule has 144 valence electrons. The number of nitrogen functional groups attached to an aromatic ring is 1. The zero-order chi connectivity index (χ0) is 19.8. The number of nitrogens with one attached hydrogen (secondary N) is 2. The average molecular weight is 364 g/mol. The summed E-state index contributed by atoms with van der Waals surface area (Å²) < 4.78 is 17.5. The van der Waals surface area contributed by atoms with Crippen LogP contribution in [0.1, 0.15) is 54.0 Å². The number of nitrogens with two attached hydrogens (primary N) is 1. The van der Waals surface area contributed by atoms with Crippen LogP contribution >= 0.6 is 0 Å². The van der Waals surface area contributed by atoms with Gasteiger partial charge < -0.3 is 25.1 Å². The predicted molar refractivity (Wildman–Crippen MR) is 101 cm³/mol. The molecule has 0 saturated carbocycles. The highest BCUT2D eigenvalue weighted by Gasteiger charge is 2.52. The number of carbonyl (C=O) groups excluding carboxylic acids is 1. The Bertz CT molecular complexity index is 675. The first kappa shape index (κ1) is 20.3. The van der Waals surface area contributed by atoms with Crippen LogP contribution < -0.4 is 11.1 Å². The van der Waals surface area contributed by atoms with Crippen molar-refractivity contribution in [3.8, 4) is 0 Å². The number of ether oxygens (including phenoxy) is 1. The summed E-state index contributed by atoms with van der Waals surface area (Å²) in [6.07, 6.45) is 2.90. The molecular formula is C17H29BN4O4. The van der Waals surface area contributed by atoms with Crippen molar-refractivity contribution < 1.29 is 18.8 Å². The van der Waals surface area contributed by atoms with Gasteiger partial charge in [-0.15, -0.1) is 0 Å². The van der Waals surface area contributed by atoms with Gasteiger partial charge in [0.05, 0.1) is 17.4 Å². The molecular weight excluding hydrogens is 335 g/mol. The lowest BCUT2D eigenvalue weighted by Crippen LogP contribution is -2.41. The molecule has 0 unspecified atom stereocenters. The molecule has 4 N–H and O–H groups in total. The van der Waals surface area contributed by atoms with Crippen molar-refractivity contribution in [2.75, 3.05) is 12.3 Å². The largest absolute Gasteiger partial charge is 0.492 e. The summed E-state index contributed by atoms with van der Waals surface area (Å²) in [6, 6.07) is 0. The van der Waals surface area contributed by atoms with Crippen LogP contribution in [0, 0.1) is 0 Å². The summed E-state index contributed by atoms with van der Waals surface area (Å²) in [7, 11) is -0.621. The standard InChI is InChI=1S/C17H29BN4O4/c1-15(2,3)24-14(23)20-10-12(8-11-9-21-22-13(11)19)18-25-16(4,5)17(6,7)26-18/h8-9H,10H2,1-7H3,(H,20,23)(H3,19,21,22). The minimum absolute atomic E-state index is 0.191. The molecule has 2 rings (SSSR count). The number of aromatic nitrogens is 2. The van der Waals surface area contributed by atoms with Gasteiger partial charge in [0.15, 0.2) is 0 Å². The van der Waals surface area contributed by atoms with Gasteiger partial charge in [-0.2, -0.15) is 5.10 Å². The fourth-order valence-electron chi connectivity index (χ4n) is 2.31. The predicted octanol–water partition coefficient (Wildman–Crippen LogP) is 2.53. The monoisotopic (exact) mass is 364 g/mol. The molecule has 1 aromatic rings. The first-order valence-corrected chi connectivity index (χ1v) is 8.62. The molecule has 9 heteroatoms. The Labute approximate surface area is 155 Å². The fraction of sp³-hybridized carbons (Fsp3) is 0.647. The number of amides is 1. The quantitative estimate of drug-likeness (QED) is 0.708. The smallest absolute Gasteiger partial charge is 0.444 e. The Morgan fingerprint density at radius 3 is 2.38 bits per heavy atom. The zero-order valence-electron chi connectivity index (χ0n) is 16.6. The zero-order valence-corrected chi connectivity index (χ0v) is 16.6. The molecule has 1 aromatic heterocycles. The Hall–Kier alpha value is -2.00. The molecule has 0 aliphatic carbocycles. The van der Waals surface area contributed by atoms with Crippen molar-refractivity contribution in [1.29, 1.82) is 0 Å². The number of H-pyrrole nitrogens is 1. The third-order valence-corrected chi connectivity index (χ3v) is 4.43. The molecule has 0 aromatic carbocycles. The molecule has 2 heterocycles. The van der Waals surface area contributed by atoms with E-state index in [1.807, 2.05) is 48.5 Å². The van der Waals surface area contributed by atoms with E-state index in [9.17, 15) is 4.79 Å². The van der Waals surface area contributed by atoms with Gasteiger partial charge in [0.25, 0.3) is 0 Å². The van der Waals surface area contributed by atoms with E-state index in [-0.39, 0.29) is 6.54 Å². The lowest BCUT2D eigenvalue weighted by atomic mass is 9.77. The van der Waals surface area contributed by atoms with Crippen LogP contribution in [0.3, 0.4) is 0 Å². The molecule has 1 saturated heterocycles. The van der Waals surface area contributed by atoms with Gasteiger partial charge in [-0.3, -0.25) is 5.10 Å². The van der Waals surface area contributed by atoms with E-state index < -0.39 is 30.0 Å². The summed E-state index contributed by atoms with van der Waals surface area (Å²) in [5.41, 5.74) is 5.72. The number of hydrogen-bond donors (Lipinski definition) is 3. The van der Waals surface area contributed by atoms with Gasteiger partial charge >= 0.3 is 13.2 Å². The summed E-state index contributed by atoms with van der Waals surface area (Å²) in [6.45, 7) is 13.5. The normalized spacial score (nSPS) is 19.5. The second-order valence-corrected chi connectivity index (χ2v) is 8.40. The van der Waals surface area contributed by atoms with Crippen molar-refractivity contribution in [2.24, 2.45) is 0 Å². The first-order valence-electron chi connectivity index (χ1n) is 8.62. The summed E-state index contributed by atoms with van der Waals surface area (Å²) in [4.78, 5) is 12.0. The van der Waals surface area contributed by atoms with E-state index in [1.54, 1.807) is 12.3 Å². The van der Waals surface area contributed by atoms with Gasteiger partial charge in [0.1, 0.15) is 11.4 Å². The Morgan fingerprint density at radius 2 is 1.92 bits per heavy atom. The van der Waals surface area contributed by atoms with Gasteiger partial charge in [0.2, 0.25) is 0 Å². The lowest BCUT2D eigenvalue weighted by Gasteiger charge is -2.32. The molecule has 1 aliphatic rings. The van der Waals surface area contributed by atoms with E-state index in [0.717, 1.165) is 0 Å². The van der Waals surface area contributed by atoms with Crippen LogP contribution in [-0.4, -0.2) is 46.8 Å². The Balaban J connectivity index is 2.20. The van der Waals surface area contributed by atoms with Crippen molar-refractivity contribution >= 4 is 25.1 Å². The number of carbonyl (C=O) groups is 1. The van der Waals surface area contributed by atoms with Gasteiger partial charge in [-0.05, 0) is 53.9 Å². The second kappa shape index (κ2) is 6.96. The number of nitrogens with zero attached hydrogens (tertiary/aromatic N) is 1. The van der Waals surface area contributed by atoms with E-state index in [2.05, 4.69) is 15.5 Å². The summed E-state index contributed by atoms with van der Waals surface area (Å²) >= 11 is 0. The number of anilines is 1. The maximum Gasteiger partial charge on any atom is 0.492 e. The number of alkyl carbamates (subject to hydrolysis) is 1. The molecule has 26 heavy (non-hydrogen) atoms. The van der Waals surface area contributed by atoms with Crippen LogP contribution in [0.2, 0.25) is 0 Å². The molecule has 1 fully saturated rings. The Kier molecular flexibility index (Phi) is 5.44. The summed E-state index contributed by atoms with van der Waals surface area (Å²) in [5, 5.41) is 9.34. The SMILES string of the molecule is CC(C)(C)OC(=O)NCC(=Cc1cn[nH]c1N)B1OC(C)(C)C(C)(C)O1. The van der Waals surface area contributed by atoms with Crippen molar-refractivity contribution in [3.05, 3.63) is 17.2 Å². The average Bonchev–Trinajstić information content (AvgIpc) is 2.93. The minimum atomic E-state index is -0.621. The summed E-state index contributed by atoms with van der Waals surface area (Å²) in [5.74, 6) is 0.427. The number of aromatic amines is 1. The highest BCUT2D eigenvalue weighted by molar-refractivity contribution is 6.56. The van der Waals surface area contributed by atoms with E-state index in [0.29, 0.717) is 16.9 Å². The van der Waals surface area contributed by atoms with Crippen molar-refractivity contribution in [3.63, 3.8) is 0 Å². The topological polar surface area (TPSA) is 111 Å². The van der Waals surface area contributed by atoms with Crippen LogP contribution in [-0.2, 0) is 14.0 Å². The Morgan fingerprint density at radius 1 is 1.35 bits per heavy atom. The minimum Gasteiger partial charge on any atom is -0.444 e. The van der Waals surface area contributed by atoms with E-state index >= 15 is 0 Å². The molecule has 0 atom stereocenters. The maximum atomic E-state index is 12.0. The molecule has 0 bridgehead atoms. The molecule has 1 aliphatic heterocycles. The van der Waals surface area contributed by atoms with E-state index in [4.69, 9.17) is 19.8 Å². The number of hydrogen-bond acceptors (Lipinski definition) is 6. The van der Waals surface area contributed by atoms with Crippen LogP contribution in [0.5, 0.6) is 0 Å². The third kappa shape index (κ3) is 4.79. The fourth-order valence-corrected chi connectivity index (χ4v) is 2.31. The van der Waals surface area contributed by atoms with Gasteiger partial charge in [-0.25, -0.2) is 4.79 Å². The molecule has 8 nitrogen and oxygen atoms in total. The van der Waals surface area contributed by atoms with Crippen molar-refractivity contribution in [2.45, 2.75) is 65.3 Å². The lowest BCUT2D eigenvalue weighted by molar-refractivity contribution is 0.00578. The maximum absolute atomic E-state index is 12.0. The second-order valence-electron chi connectivity index (χ2n) is 8.40. The highest BCUT2D eigenvalue weighted by atomic mass is 16.7.